The minimum absolute atomic E-state index is 0.541. The Morgan fingerprint density at radius 2 is 1.42 bits per heavy atom. The minimum Gasteiger partial charge on any atom is -0.439 e. The van der Waals surface area contributed by atoms with Gasteiger partial charge in [-0.25, -0.2) is 4.99 Å². The monoisotopic (exact) mass is 421 g/mol. The normalized spacial score (nSPS) is 11.6. The number of hydrogen-bond acceptors (Lipinski definition) is 3. The van der Waals surface area contributed by atoms with Gasteiger partial charge in [0, 0.05) is 11.0 Å². The first kappa shape index (κ1) is 20.7. The van der Waals surface area contributed by atoms with Gasteiger partial charge in [0.1, 0.15) is 5.75 Å². The molecule has 0 radical (unpaired) electrons. The Hall–Kier alpha value is -3.56. The Morgan fingerprint density at radius 1 is 0.742 bits per heavy atom. The summed E-state index contributed by atoms with van der Waals surface area (Å²) in [4.78, 5) is 5.91. The Kier molecular flexibility index (Phi) is 6.99. The van der Waals surface area contributed by atoms with Crippen molar-refractivity contribution in [1.29, 1.82) is 0 Å². The molecule has 0 aliphatic heterocycles. The summed E-state index contributed by atoms with van der Waals surface area (Å²) in [6.45, 7) is 2.10. The number of thioether (sulfide) groups is 1. The van der Waals surface area contributed by atoms with E-state index in [4.69, 9.17) is 9.73 Å². The Labute approximate surface area is 188 Å². The van der Waals surface area contributed by atoms with E-state index in [2.05, 4.69) is 55.5 Å². The summed E-state index contributed by atoms with van der Waals surface area (Å²) in [5.41, 5.74) is 4.44. The molecule has 4 aromatic carbocycles. The molecular formula is C28H23NOS. The summed E-state index contributed by atoms with van der Waals surface area (Å²) >= 11 is 1.64. The van der Waals surface area contributed by atoms with Crippen molar-refractivity contribution in [3.63, 3.8) is 0 Å². The van der Waals surface area contributed by atoms with Crippen molar-refractivity contribution in [3.05, 3.63) is 126 Å². The van der Waals surface area contributed by atoms with Crippen LogP contribution in [0.2, 0.25) is 0 Å². The van der Waals surface area contributed by atoms with Gasteiger partial charge in [-0.3, -0.25) is 0 Å². The van der Waals surface area contributed by atoms with Crippen molar-refractivity contribution in [2.45, 2.75) is 11.8 Å². The highest BCUT2D eigenvalue weighted by Gasteiger charge is 2.02. The smallest absolute Gasteiger partial charge is 0.220 e. The van der Waals surface area contributed by atoms with Crippen LogP contribution < -0.4 is 4.74 Å². The Bertz CT molecular complexity index is 1170. The summed E-state index contributed by atoms with van der Waals surface area (Å²) in [6, 6.07) is 36.7. The molecule has 0 spiro atoms. The molecule has 0 saturated carbocycles. The van der Waals surface area contributed by atoms with Crippen LogP contribution in [0.25, 0.3) is 11.1 Å². The Morgan fingerprint density at radius 3 is 2.13 bits per heavy atom. The van der Waals surface area contributed by atoms with Crippen LogP contribution in [0, 0.1) is 6.92 Å². The average Bonchev–Trinajstić information content (AvgIpc) is 2.81. The van der Waals surface area contributed by atoms with Crippen molar-refractivity contribution in [2.24, 2.45) is 4.99 Å². The van der Waals surface area contributed by atoms with Gasteiger partial charge in [0.2, 0.25) is 5.90 Å². The van der Waals surface area contributed by atoms with Crippen molar-refractivity contribution in [1.82, 2.24) is 0 Å². The molecule has 0 saturated heterocycles. The molecule has 4 rings (SSSR count). The molecule has 2 nitrogen and oxygen atoms in total. The summed E-state index contributed by atoms with van der Waals surface area (Å²) < 4.78 is 6.04. The van der Waals surface area contributed by atoms with Crippen LogP contribution in [-0.4, -0.2) is 5.90 Å². The zero-order chi connectivity index (χ0) is 21.3. The van der Waals surface area contributed by atoms with E-state index in [-0.39, 0.29) is 0 Å². The van der Waals surface area contributed by atoms with Crippen LogP contribution in [0.5, 0.6) is 5.75 Å². The predicted octanol–water partition coefficient (Wildman–Crippen LogP) is 8.08. The van der Waals surface area contributed by atoms with E-state index in [0.29, 0.717) is 5.90 Å². The average molecular weight is 422 g/mol. The van der Waals surface area contributed by atoms with E-state index in [1.54, 1.807) is 11.8 Å². The quantitative estimate of drug-likeness (QED) is 0.178. The van der Waals surface area contributed by atoms with Crippen molar-refractivity contribution in [2.75, 3.05) is 0 Å². The number of aryl methyl sites for hydroxylation is 1. The maximum Gasteiger partial charge on any atom is 0.220 e. The van der Waals surface area contributed by atoms with Crippen LogP contribution in [-0.2, 0) is 0 Å². The number of benzene rings is 4. The van der Waals surface area contributed by atoms with Crippen LogP contribution in [0.3, 0.4) is 0 Å². The van der Waals surface area contributed by atoms with Gasteiger partial charge >= 0.3 is 0 Å². The summed E-state index contributed by atoms with van der Waals surface area (Å²) in [5, 5.41) is 2.01. The molecule has 0 unspecified atom stereocenters. The molecule has 0 amide bonds. The van der Waals surface area contributed by atoms with E-state index in [1.165, 1.54) is 16.0 Å². The van der Waals surface area contributed by atoms with Crippen molar-refractivity contribution < 1.29 is 4.74 Å². The highest BCUT2D eigenvalue weighted by atomic mass is 32.2. The highest BCUT2D eigenvalue weighted by molar-refractivity contribution is 8.02. The molecule has 0 bridgehead atoms. The van der Waals surface area contributed by atoms with E-state index in [9.17, 15) is 0 Å². The lowest BCUT2D eigenvalue weighted by molar-refractivity contribution is 0.556. The first-order valence-corrected chi connectivity index (χ1v) is 11.0. The van der Waals surface area contributed by atoms with Gasteiger partial charge in [-0.15, -0.1) is 0 Å². The van der Waals surface area contributed by atoms with E-state index >= 15 is 0 Å². The lowest BCUT2D eigenvalue weighted by Gasteiger charge is -2.06. The molecule has 0 aliphatic carbocycles. The van der Waals surface area contributed by atoms with Gasteiger partial charge in [-0.2, -0.15) is 0 Å². The molecule has 0 heterocycles. The van der Waals surface area contributed by atoms with Gasteiger partial charge in [0.25, 0.3) is 0 Å². The fourth-order valence-electron chi connectivity index (χ4n) is 3.05. The number of nitrogens with zero attached hydrogens (tertiary/aromatic N) is 1. The molecule has 4 aromatic rings. The SMILES string of the molecule is Cc1cccc(SC=CC(=Nc2ccc(-c3ccccc3)cc2)Oc2ccccc2)c1. The molecule has 0 aliphatic rings. The molecule has 0 fully saturated rings. The number of hydrogen-bond donors (Lipinski definition) is 0. The van der Waals surface area contributed by atoms with Gasteiger partial charge in [0.15, 0.2) is 0 Å². The van der Waals surface area contributed by atoms with Crippen molar-refractivity contribution >= 4 is 23.3 Å². The second kappa shape index (κ2) is 10.5. The summed E-state index contributed by atoms with van der Waals surface area (Å²) in [5.74, 6) is 1.30. The molecule has 0 aromatic heterocycles. The second-order valence-corrected chi connectivity index (χ2v) is 7.99. The number of ether oxygens (including phenoxy) is 1. The second-order valence-electron chi connectivity index (χ2n) is 7.02. The first-order chi connectivity index (χ1) is 15.3. The third-order valence-electron chi connectivity index (χ3n) is 4.58. The molecule has 152 valence electrons. The molecule has 0 atom stereocenters. The lowest BCUT2D eigenvalue weighted by atomic mass is 10.1. The topological polar surface area (TPSA) is 21.6 Å². The van der Waals surface area contributed by atoms with Crippen LogP contribution >= 0.6 is 11.8 Å². The fraction of sp³-hybridized carbons (Fsp3) is 0.0357. The Balaban J connectivity index is 1.55. The van der Waals surface area contributed by atoms with Crippen molar-refractivity contribution in [3.8, 4) is 16.9 Å². The number of aliphatic imine (C=N–C) groups is 1. The zero-order valence-electron chi connectivity index (χ0n) is 17.3. The maximum absolute atomic E-state index is 6.04. The third kappa shape index (κ3) is 6.21. The van der Waals surface area contributed by atoms with Crippen LogP contribution in [0.1, 0.15) is 5.56 Å². The lowest BCUT2D eigenvalue weighted by Crippen LogP contribution is -2.04. The van der Waals surface area contributed by atoms with Gasteiger partial charge in [-0.1, -0.05) is 90.1 Å². The maximum atomic E-state index is 6.04. The fourth-order valence-corrected chi connectivity index (χ4v) is 3.80. The third-order valence-corrected chi connectivity index (χ3v) is 5.38. The zero-order valence-corrected chi connectivity index (χ0v) is 18.1. The van der Waals surface area contributed by atoms with E-state index < -0.39 is 0 Å². The predicted molar refractivity (Wildman–Crippen MR) is 132 cm³/mol. The van der Waals surface area contributed by atoms with Gasteiger partial charge in [-0.05, 0) is 59.9 Å². The van der Waals surface area contributed by atoms with Crippen LogP contribution in [0.4, 0.5) is 5.69 Å². The van der Waals surface area contributed by atoms with Gasteiger partial charge in [0.05, 0.1) is 5.69 Å². The van der Waals surface area contributed by atoms with Crippen LogP contribution in [0.15, 0.2) is 131 Å². The molecule has 3 heteroatoms. The number of para-hydroxylation sites is 1. The summed E-state index contributed by atoms with van der Waals surface area (Å²) in [6.07, 6.45) is 1.91. The van der Waals surface area contributed by atoms with E-state index in [0.717, 1.165) is 17.0 Å². The highest BCUT2D eigenvalue weighted by Crippen LogP contribution is 2.24. The minimum atomic E-state index is 0.541. The standard InChI is InChI=1S/C28H23NOS/c1-22-9-8-14-27(21-22)31-20-19-28(30-26-12-6-3-7-13-26)29-25-17-15-24(16-18-25)23-10-4-2-5-11-23/h2-21H,1H3. The molecule has 0 N–H and O–H groups in total. The van der Waals surface area contributed by atoms with E-state index in [1.807, 2.05) is 72.1 Å². The van der Waals surface area contributed by atoms with Gasteiger partial charge < -0.3 is 4.74 Å². The molecular weight excluding hydrogens is 398 g/mol. The summed E-state index contributed by atoms with van der Waals surface area (Å²) in [7, 11) is 0. The largest absolute Gasteiger partial charge is 0.439 e. The first-order valence-electron chi connectivity index (χ1n) is 10.1. The molecule has 31 heavy (non-hydrogen) atoms. The number of rotatable bonds is 6.